The third-order valence-electron chi connectivity index (χ3n) is 2.74. The van der Waals surface area contributed by atoms with Crippen LogP contribution < -0.4 is 4.90 Å². The van der Waals surface area contributed by atoms with E-state index in [1.165, 1.54) is 0 Å². The van der Waals surface area contributed by atoms with Gasteiger partial charge in [0, 0.05) is 24.0 Å². The number of carbonyl (C=O) groups is 1. The van der Waals surface area contributed by atoms with Crippen molar-refractivity contribution in [3.8, 4) is 11.5 Å². The lowest BCUT2D eigenvalue weighted by Crippen LogP contribution is -2.26. The molecule has 18 heavy (non-hydrogen) atoms. The number of rotatable bonds is 2. The van der Waals surface area contributed by atoms with Crippen molar-refractivity contribution in [2.45, 2.75) is 11.2 Å². The van der Waals surface area contributed by atoms with Gasteiger partial charge in [-0.25, -0.2) is 9.97 Å². The Morgan fingerprint density at radius 1 is 1.44 bits per heavy atom. The molecule has 0 aliphatic carbocycles. The van der Waals surface area contributed by atoms with Crippen LogP contribution in [0.1, 0.15) is 6.42 Å². The summed E-state index contributed by atoms with van der Waals surface area (Å²) >= 11 is 3.44. The molecular weight excluding hydrogens is 298 g/mol. The average molecular weight is 308 g/mol. The molecule has 3 rings (SSSR count). The average Bonchev–Trinajstić information content (AvgIpc) is 2.99. The van der Waals surface area contributed by atoms with E-state index in [-0.39, 0.29) is 10.7 Å². The molecule has 3 heterocycles. The summed E-state index contributed by atoms with van der Waals surface area (Å²) in [7, 11) is 0. The van der Waals surface area contributed by atoms with E-state index in [1.807, 2.05) is 6.07 Å². The van der Waals surface area contributed by atoms with E-state index in [0.29, 0.717) is 30.4 Å². The van der Waals surface area contributed by atoms with Gasteiger partial charge in [-0.15, -0.1) is 0 Å². The van der Waals surface area contributed by atoms with E-state index in [4.69, 9.17) is 4.42 Å². The number of amides is 1. The molecule has 5 nitrogen and oxygen atoms in total. The van der Waals surface area contributed by atoms with Crippen LogP contribution in [0.3, 0.4) is 0 Å². The normalized spacial score (nSPS) is 19.5. The number of carbonyl (C=O) groups excluding carboxylic acids is 1. The molecule has 0 spiro atoms. The second-order valence-corrected chi connectivity index (χ2v) is 5.32. The van der Waals surface area contributed by atoms with Crippen molar-refractivity contribution in [2.24, 2.45) is 0 Å². The zero-order valence-electron chi connectivity index (χ0n) is 9.41. The summed E-state index contributed by atoms with van der Waals surface area (Å²) in [5.74, 6) is 1.13. The van der Waals surface area contributed by atoms with Crippen LogP contribution in [0.4, 0.5) is 5.95 Å². The first-order valence-electron chi connectivity index (χ1n) is 5.55. The minimum absolute atomic E-state index is 0.0356. The van der Waals surface area contributed by atoms with Crippen LogP contribution in [-0.4, -0.2) is 27.2 Å². The second kappa shape index (κ2) is 4.53. The minimum atomic E-state index is 0.0356. The molecule has 1 fully saturated rings. The van der Waals surface area contributed by atoms with Crippen molar-refractivity contribution >= 4 is 27.8 Å². The number of anilines is 1. The van der Waals surface area contributed by atoms with Crippen LogP contribution in [0.2, 0.25) is 0 Å². The first kappa shape index (κ1) is 11.4. The number of hydrogen-bond acceptors (Lipinski definition) is 4. The van der Waals surface area contributed by atoms with Gasteiger partial charge in [-0.2, -0.15) is 0 Å². The molecule has 1 aliphatic heterocycles. The number of halogens is 1. The van der Waals surface area contributed by atoms with Crippen molar-refractivity contribution in [1.29, 1.82) is 0 Å². The van der Waals surface area contributed by atoms with Crippen molar-refractivity contribution in [2.75, 3.05) is 11.4 Å². The lowest BCUT2D eigenvalue weighted by atomic mass is 10.3. The molecular formula is C12H10BrN3O2. The van der Waals surface area contributed by atoms with Gasteiger partial charge in [-0.3, -0.25) is 9.69 Å². The maximum absolute atomic E-state index is 11.8. The van der Waals surface area contributed by atoms with Gasteiger partial charge in [0.15, 0.2) is 5.76 Å². The monoisotopic (exact) mass is 307 g/mol. The predicted octanol–water partition coefficient (Wildman–Crippen LogP) is 2.24. The lowest BCUT2D eigenvalue weighted by Gasteiger charge is -2.13. The third-order valence-corrected chi connectivity index (χ3v) is 3.35. The van der Waals surface area contributed by atoms with E-state index in [2.05, 4.69) is 25.9 Å². The number of furan rings is 1. The fourth-order valence-electron chi connectivity index (χ4n) is 1.90. The van der Waals surface area contributed by atoms with Crippen molar-refractivity contribution < 1.29 is 9.21 Å². The molecule has 6 heteroatoms. The molecule has 0 radical (unpaired) electrons. The van der Waals surface area contributed by atoms with E-state index in [0.717, 1.165) is 0 Å². The van der Waals surface area contributed by atoms with Crippen molar-refractivity contribution in [1.82, 2.24) is 9.97 Å². The molecule has 2 aromatic heterocycles. The highest BCUT2D eigenvalue weighted by Gasteiger charge is 2.30. The van der Waals surface area contributed by atoms with Gasteiger partial charge >= 0.3 is 0 Å². The van der Waals surface area contributed by atoms with Crippen LogP contribution in [0.25, 0.3) is 11.5 Å². The Kier molecular flexibility index (Phi) is 2.87. The summed E-state index contributed by atoms with van der Waals surface area (Å²) in [6, 6.07) is 5.38. The third kappa shape index (κ3) is 2.03. The van der Waals surface area contributed by atoms with E-state index >= 15 is 0 Å². The summed E-state index contributed by atoms with van der Waals surface area (Å²) in [4.78, 5) is 22.0. The van der Waals surface area contributed by atoms with Gasteiger partial charge in [0.05, 0.1) is 6.26 Å². The predicted molar refractivity (Wildman–Crippen MR) is 69.4 cm³/mol. The summed E-state index contributed by atoms with van der Waals surface area (Å²) in [6.07, 6.45) is 3.70. The molecule has 1 aliphatic rings. The Bertz CT molecular complexity index is 570. The molecule has 0 aromatic carbocycles. The van der Waals surface area contributed by atoms with Gasteiger partial charge in [-0.05, 0) is 18.2 Å². The van der Waals surface area contributed by atoms with Crippen LogP contribution in [0.5, 0.6) is 0 Å². The maximum atomic E-state index is 11.8. The van der Waals surface area contributed by atoms with Gasteiger partial charge in [0.25, 0.3) is 0 Å². The highest BCUT2D eigenvalue weighted by Crippen LogP contribution is 2.24. The standard InChI is InChI=1S/C12H10BrN3O2/c13-8-6-11(17)16(7-8)12-14-4-3-9(15-12)10-2-1-5-18-10/h1-5,8H,6-7H2. The van der Waals surface area contributed by atoms with Gasteiger partial charge in [0.1, 0.15) is 5.69 Å². The van der Waals surface area contributed by atoms with Crippen LogP contribution in [0, 0.1) is 0 Å². The van der Waals surface area contributed by atoms with Crippen LogP contribution in [-0.2, 0) is 4.79 Å². The smallest absolute Gasteiger partial charge is 0.232 e. The highest BCUT2D eigenvalue weighted by molar-refractivity contribution is 9.09. The van der Waals surface area contributed by atoms with Gasteiger partial charge < -0.3 is 4.42 Å². The van der Waals surface area contributed by atoms with Crippen LogP contribution >= 0.6 is 15.9 Å². The van der Waals surface area contributed by atoms with E-state index < -0.39 is 0 Å². The number of hydrogen-bond donors (Lipinski definition) is 0. The Labute approximate surface area is 112 Å². The maximum Gasteiger partial charge on any atom is 0.232 e. The molecule has 92 valence electrons. The number of alkyl halides is 1. The summed E-state index contributed by atoms with van der Waals surface area (Å²) < 4.78 is 5.28. The lowest BCUT2D eigenvalue weighted by molar-refractivity contribution is -0.117. The van der Waals surface area contributed by atoms with E-state index in [1.54, 1.807) is 29.5 Å². The molecule has 1 unspecified atom stereocenters. The van der Waals surface area contributed by atoms with Crippen LogP contribution in [0.15, 0.2) is 35.1 Å². The van der Waals surface area contributed by atoms with E-state index in [9.17, 15) is 4.79 Å². The first-order chi connectivity index (χ1) is 8.74. The Hall–Kier alpha value is -1.69. The zero-order valence-corrected chi connectivity index (χ0v) is 11.0. The first-order valence-corrected chi connectivity index (χ1v) is 6.47. The highest BCUT2D eigenvalue weighted by atomic mass is 79.9. The Morgan fingerprint density at radius 2 is 2.33 bits per heavy atom. The molecule has 1 atom stereocenters. The largest absolute Gasteiger partial charge is 0.463 e. The Morgan fingerprint density at radius 3 is 3.00 bits per heavy atom. The molecule has 0 N–H and O–H groups in total. The molecule has 0 saturated carbocycles. The second-order valence-electron chi connectivity index (χ2n) is 4.02. The SMILES string of the molecule is O=C1CC(Br)CN1c1nccc(-c2ccco2)n1. The fourth-order valence-corrected chi connectivity index (χ4v) is 2.46. The summed E-state index contributed by atoms with van der Waals surface area (Å²) in [6.45, 7) is 0.598. The summed E-state index contributed by atoms with van der Waals surface area (Å²) in [5.41, 5.74) is 0.677. The summed E-state index contributed by atoms with van der Waals surface area (Å²) in [5, 5.41) is 0. The molecule has 1 amide bonds. The van der Waals surface area contributed by atoms with Crippen molar-refractivity contribution in [3.05, 3.63) is 30.7 Å². The molecule has 0 bridgehead atoms. The number of nitrogens with zero attached hydrogens (tertiary/aromatic N) is 3. The Balaban J connectivity index is 1.94. The minimum Gasteiger partial charge on any atom is -0.463 e. The fraction of sp³-hybridized carbons (Fsp3) is 0.250. The molecule has 2 aromatic rings. The number of aromatic nitrogens is 2. The topological polar surface area (TPSA) is 59.2 Å². The zero-order chi connectivity index (χ0) is 12.5. The van der Waals surface area contributed by atoms with Gasteiger partial charge in [0.2, 0.25) is 11.9 Å². The molecule has 1 saturated heterocycles. The van der Waals surface area contributed by atoms with Crippen molar-refractivity contribution in [3.63, 3.8) is 0 Å². The quantitative estimate of drug-likeness (QED) is 0.798. The van der Waals surface area contributed by atoms with Gasteiger partial charge in [-0.1, -0.05) is 15.9 Å².